The third-order valence-electron chi connectivity index (χ3n) is 5.23. The highest BCUT2D eigenvalue weighted by Crippen LogP contribution is 2.16. The smallest absolute Gasteiger partial charge is 0.224 e. The van der Waals surface area contributed by atoms with E-state index in [2.05, 4.69) is 58.4 Å². The van der Waals surface area contributed by atoms with Crippen LogP contribution in [0.25, 0.3) is 0 Å². The van der Waals surface area contributed by atoms with Crippen LogP contribution in [0.4, 0.5) is 5.82 Å². The van der Waals surface area contributed by atoms with Crippen LogP contribution in [0, 0.1) is 6.92 Å². The maximum atomic E-state index is 12.6. The monoisotopic (exact) mass is 442 g/mol. The first-order valence-corrected chi connectivity index (χ1v) is 11.9. The van der Waals surface area contributed by atoms with E-state index in [9.17, 15) is 4.79 Å². The molecular weight excluding hydrogens is 408 g/mol. The molecule has 0 saturated carbocycles. The fraction of sp³-hybridized carbons (Fsp3) is 0.522. The van der Waals surface area contributed by atoms with E-state index in [1.165, 1.54) is 9.75 Å². The van der Waals surface area contributed by atoms with Crippen molar-refractivity contribution in [1.82, 2.24) is 20.5 Å². The Morgan fingerprint density at radius 1 is 1.23 bits per heavy atom. The number of guanidine groups is 1. The molecule has 1 atom stereocenters. The predicted molar refractivity (Wildman–Crippen MR) is 129 cm³/mol. The molecule has 0 spiro atoms. The second-order valence-electron chi connectivity index (χ2n) is 7.83. The Bertz CT molecular complexity index is 845. The molecule has 1 unspecified atom stereocenters. The predicted octanol–water partition coefficient (Wildman–Crippen LogP) is 2.68. The summed E-state index contributed by atoms with van der Waals surface area (Å²) in [5, 5.41) is 6.75. The Morgan fingerprint density at radius 2 is 2.03 bits per heavy atom. The SMILES string of the molecule is CCNC(=NCCC(=O)N1CCN(c2ccccn2)CC1)NC(C)Cc1ccc(C)s1. The molecule has 0 aromatic carbocycles. The second kappa shape index (κ2) is 11.7. The Balaban J connectivity index is 1.43. The summed E-state index contributed by atoms with van der Waals surface area (Å²) in [5.41, 5.74) is 0. The zero-order valence-electron chi connectivity index (χ0n) is 18.8. The van der Waals surface area contributed by atoms with Gasteiger partial charge in [-0.3, -0.25) is 9.79 Å². The van der Waals surface area contributed by atoms with Crippen molar-refractivity contribution in [2.75, 3.05) is 44.2 Å². The number of aryl methyl sites for hydroxylation is 1. The molecule has 3 heterocycles. The van der Waals surface area contributed by atoms with Crippen molar-refractivity contribution in [3.05, 3.63) is 46.3 Å². The molecule has 168 valence electrons. The fourth-order valence-corrected chi connectivity index (χ4v) is 4.67. The third-order valence-corrected chi connectivity index (χ3v) is 6.25. The van der Waals surface area contributed by atoms with Crippen LogP contribution >= 0.6 is 11.3 Å². The minimum Gasteiger partial charge on any atom is -0.357 e. The molecule has 0 bridgehead atoms. The summed E-state index contributed by atoms with van der Waals surface area (Å²) in [4.78, 5) is 28.5. The van der Waals surface area contributed by atoms with Crippen LogP contribution in [-0.4, -0.2) is 67.1 Å². The summed E-state index contributed by atoms with van der Waals surface area (Å²) in [6.07, 6.45) is 3.20. The maximum Gasteiger partial charge on any atom is 0.224 e. The molecule has 1 aliphatic rings. The molecule has 0 aliphatic carbocycles. The number of carbonyl (C=O) groups is 1. The molecule has 2 N–H and O–H groups in total. The van der Waals surface area contributed by atoms with E-state index < -0.39 is 0 Å². The molecule has 31 heavy (non-hydrogen) atoms. The van der Waals surface area contributed by atoms with Gasteiger partial charge in [-0.25, -0.2) is 4.98 Å². The molecule has 2 aromatic heterocycles. The van der Waals surface area contributed by atoms with Crippen LogP contribution in [0.15, 0.2) is 41.5 Å². The summed E-state index contributed by atoms with van der Waals surface area (Å²) in [7, 11) is 0. The number of hydrogen-bond acceptors (Lipinski definition) is 5. The van der Waals surface area contributed by atoms with Crippen LogP contribution in [0.2, 0.25) is 0 Å². The molecule has 0 radical (unpaired) electrons. The first kappa shape index (κ1) is 23.1. The third kappa shape index (κ3) is 7.24. The van der Waals surface area contributed by atoms with Crippen molar-refractivity contribution in [1.29, 1.82) is 0 Å². The normalized spacial score (nSPS) is 15.6. The Hall–Kier alpha value is -2.61. The molecule has 3 rings (SSSR count). The summed E-state index contributed by atoms with van der Waals surface area (Å²) >= 11 is 1.83. The first-order valence-electron chi connectivity index (χ1n) is 11.1. The molecular formula is C23H34N6OS. The van der Waals surface area contributed by atoms with E-state index in [0.29, 0.717) is 13.0 Å². The lowest BCUT2D eigenvalue weighted by Crippen LogP contribution is -2.49. The lowest BCUT2D eigenvalue weighted by atomic mass is 10.2. The minimum atomic E-state index is 0.169. The second-order valence-corrected chi connectivity index (χ2v) is 9.20. The van der Waals surface area contributed by atoms with Crippen molar-refractivity contribution in [3.63, 3.8) is 0 Å². The zero-order chi connectivity index (χ0) is 22.1. The average molecular weight is 443 g/mol. The van der Waals surface area contributed by atoms with Crippen molar-refractivity contribution in [3.8, 4) is 0 Å². The number of aromatic nitrogens is 1. The van der Waals surface area contributed by atoms with Gasteiger partial charge in [-0.15, -0.1) is 11.3 Å². The first-order chi connectivity index (χ1) is 15.0. The average Bonchev–Trinajstić information content (AvgIpc) is 3.18. The number of anilines is 1. The molecule has 8 heteroatoms. The van der Waals surface area contributed by atoms with Gasteiger partial charge in [-0.05, 0) is 45.0 Å². The standard InChI is InChI=1S/C23H34N6OS/c1-4-24-23(27-18(2)17-20-9-8-19(3)31-20)26-12-10-22(30)29-15-13-28(14-16-29)21-7-5-6-11-25-21/h5-9,11,18H,4,10,12-17H2,1-3H3,(H2,24,26,27). The van der Waals surface area contributed by atoms with Gasteiger partial charge in [0, 0.05) is 67.6 Å². The summed E-state index contributed by atoms with van der Waals surface area (Å²) < 4.78 is 0. The van der Waals surface area contributed by atoms with Crippen molar-refractivity contribution in [2.45, 2.75) is 39.7 Å². The van der Waals surface area contributed by atoms with E-state index in [-0.39, 0.29) is 11.9 Å². The molecule has 1 aliphatic heterocycles. The minimum absolute atomic E-state index is 0.169. The summed E-state index contributed by atoms with van der Waals surface area (Å²) in [6, 6.07) is 10.6. The van der Waals surface area contributed by atoms with E-state index in [4.69, 9.17) is 0 Å². The van der Waals surface area contributed by atoms with Gasteiger partial charge < -0.3 is 20.4 Å². The Morgan fingerprint density at radius 3 is 2.68 bits per heavy atom. The van der Waals surface area contributed by atoms with Crippen LogP contribution in [0.5, 0.6) is 0 Å². The van der Waals surface area contributed by atoms with Gasteiger partial charge in [0.15, 0.2) is 5.96 Å². The molecule has 1 amide bonds. The Kier molecular flexibility index (Phi) is 8.70. The number of thiophene rings is 1. The van der Waals surface area contributed by atoms with Crippen molar-refractivity contribution < 1.29 is 4.79 Å². The lowest BCUT2D eigenvalue weighted by Gasteiger charge is -2.35. The highest BCUT2D eigenvalue weighted by atomic mass is 32.1. The molecule has 1 saturated heterocycles. The number of amides is 1. The molecule has 7 nitrogen and oxygen atoms in total. The van der Waals surface area contributed by atoms with Gasteiger partial charge in [-0.1, -0.05) is 6.07 Å². The maximum absolute atomic E-state index is 12.6. The highest BCUT2D eigenvalue weighted by molar-refractivity contribution is 7.11. The van der Waals surface area contributed by atoms with E-state index in [1.807, 2.05) is 40.6 Å². The Labute approximate surface area is 189 Å². The number of aliphatic imine (C=N–C) groups is 1. The van der Waals surface area contributed by atoms with E-state index in [1.54, 1.807) is 0 Å². The zero-order valence-corrected chi connectivity index (χ0v) is 19.6. The van der Waals surface area contributed by atoms with Crippen LogP contribution in [-0.2, 0) is 11.2 Å². The summed E-state index contributed by atoms with van der Waals surface area (Å²) in [6.45, 7) is 10.7. The van der Waals surface area contributed by atoms with Crippen molar-refractivity contribution >= 4 is 29.0 Å². The van der Waals surface area contributed by atoms with E-state index in [0.717, 1.165) is 50.9 Å². The van der Waals surface area contributed by atoms with Crippen molar-refractivity contribution in [2.24, 2.45) is 4.99 Å². The number of piperazine rings is 1. The topological polar surface area (TPSA) is 72.9 Å². The fourth-order valence-electron chi connectivity index (χ4n) is 3.65. The number of carbonyl (C=O) groups excluding carboxylic acids is 1. The largest absolute Gasteiger partial charge is 0.357 e. The van der Waals surface area contributed by atoms with Crippen LogP contribution in [0.1, 0.15) is 30.0 Å². The number of hydrogen-bond donors (Lipinski definition) is 2. The van der Waals surface area contributed by atoms with Gasteiger partial charge in [0.2, 0.25) is 5.91 Å². The highest BCUT2D eigenvalue weighted by Gasteiger charge is 2.21. The number of nitrogens with zero attached hydrogens (tertiary/aromatic N) is 4. The van der Waals surface area contributed by atoms with Gasteiger partial charge >= 0.3 is 0 Å². The number of pyridine rings is 1. The van der Waals surface area contributed by atoms with Gasteiger partial charge in [0.25, 0.3) is 0 Å². The number of rotatable bonds is 8. The van der Waals surface area contributed by atoms with Crippen LogP contribution < -0.4 is 15.5 Å². The van der Waals surface area contributed by atoms with Gasteiger partial charge in [0.1, 0.15) is 5.82 Å². The van der Waals surface area contributed by atoms with Gasteiger partial charge in [0.05, 0.1) is 6.54 Å². The van der Waals surface area contributed by atoms with E-state index >= 15 is 0 Å². The quantitative estimate of drug-likeness (QED) is 0.486. The molecule has 2 aromatic rings. The summed E-state index contributed by atoms with van der Waals surface area (Å²) in [5.74, 6) is 1.92. The lowest BCUT2D eigenvalue weighted by molar-refractivity contribution is -0.131. The number of nitrogens with one attached hydrogen (secondary N) is 2. The molecule has 1 fully saturated rings. The van der Waals surface area contributed by atoms with Crippen LogP contribution in [0.3, 0.4) is 0 Å². The van der Waals surface area contributed by atoms with Gasteiger partial charge in [-0.2, -0.15) is 0 Å².